The molecular weight excluding hydrogens is 544 g/mol. The molecule has 0 aliphatic heterocycles. The molecular formula is C44H26O. The van der Waals surface area contributed by atoms with Crippen molar-refractivity contribution in [1.29, 1.82) is 0 Å². The molecule has 1 heteroatoms. The molecule has 0 aliphatic rings. The standard InChI is InChI=1S/C44H26O/c1-2-13-29-25-30(22-21-27(29)11-1)41-34-17-7-9-19-36(34)42(37-20-10-8-18-35(37)41)38-26-40-44(33-16-6-5-15-32(33)38)43-31-14-4-3-12-28(31)23-24-39(43)45-40/h1-26H/i5D,6D,15D,16D,26D. The van der Waals surface area contributed by atoms with Crippen molar-refractivity contribution in [3.63, 3.8) is 0 Å². The van der Waals surface area contributed by atoms with Crippen LogP contribution in [0.4, 0.5) is 0 Å². The topological polar surface area (TPSA) is 13.1 Å². The van der Waals surface area contributed by atoms with Gasteiger partial charge < -0.3 is 4.42 Å². The van der Waals surface area contributed by atoms with Crippen molar-refractivity contribution < 1.29 is 11.3 Å². The lowest BCUT2D eigenvalue weighted by Gasteiger charge is -2.19. The van der Waals surface area contributed by atoms with Crippen molar-refractivity contribution in [3.8, 4) is 22.3 Å². The van der Waals surface area contributed by atoms with Crippen molar-refractivity contribution in [1.82, 2.24) is 0 Å². The first-order valence-electron chi connectivity index (χ1n) is 17.6. The van der Waals surface area contributed by atoms with Gasteiger partial charge >= 0.3 is 0 Å². The van der Waals surface area contributed by atoms with Gasteiger partial charge in [-0.3, -0.25) is 0 Å². The van der Waals surface area contributed by atoms with Crippen LogP contribution in [0.5, 0.6) is 0 Å². The molecule has 0 radical (unpaired) electrons. The fourth-order valence-electron chi connectivity index (χ4n) is 7.30. The van der Waals surface area contributed by atoms with Crippen LogP contribution in [-0.2, 0) is 0 Å². The summed E-state index contributed by atoms with van der Waals surface area (Å²) in [6.07, 6.45) is 0. The van der Waals surface area contributed by atoms with Gasteiger partial charge in [0.15, 0.2) is 0 Å². The Labute approximate surface area is 266 Å². The Morgan fingerprint density at radius 1 is 0.422 bits per heavy atom. The smallest absolute Gasteiger partial charge is 0.136 e. The molecule has 45 heavy (non-hydrogen) atoms. The molecule has 0 bridgehead atoms. The summed E-state index contributed by atoms with van der Waals surface area (Å²) in [5.74, 6) is 0. The molecule has 1 nitrogen and oxygen atoms in total. The lowest BCUT2D eigenvalue weighted by atomic mass is 9.84. The minimum atomic E-state index is -0.332. The summed E-state index contributed by atoms with van der Waals surface area (Å²) in [4.78, 5) is 0. The third-order valence-corrected chi connectivity index (χ3v) is 9.23. The highest BCUT2D eigenvalue weighted by Gasteiger charge is 2.21. The second-order valence-electron chi connectivity index (χ2n) is 11.6. The monoisotopic (exact) mass is 575 g/mol. The van der Waals surface area contributed by atoms with Crippen molar-refractivity contribution in [2.24, 2.45) is 0 Å². The number of benzene rings is 9. The highest BCUT2D eigenvalue weighted by atomic mass is 16.3. The number of fused-ring (bicyclic) bond motifs is 10. The van der Waals surface area contributed by atoms with Gasteiger partial charge in [-0.1, -0.05) is 139 Å². The van der Waals surface area contributed by atoms with E-state index >= 15 is 0 Å². The maximum Gasteiger partial charge on any atom is 0.136 e. The number of furan rings is 1. The Morgan fingerprint density at radius 3 is 1.71 bits per heavy atom. The summed E-state index contributed by atoms with van der Waals surface area (Å²) in [6.45, 7) is 0. The molecule has 10 rings (SSSR count). The van der Waals surface area contributed by atoms with E-state index < -0.39 is 0 Å². The summed E-state index contributed by atoms with van der Waals surface area (Å²) in [6, 6.07) is 42.0. The van der Waals surface area contributed by atoms with E-state index in [0.29, 0.717) is 32.9 Å². The first-order valence-corrected chi connectivity index (χ1v) is 15.1. The van der Waals surface area contributed by atoms with Crippen LogP contribution in [0.3, 0.4) is 0 Å². The van der Waals surface area contributed by atoms with Gasteiger partial charge in [0.2, 0.25) is 0 Å². The van der Waals surface area contributed by atoms with E-state index in [1.165, 1.54) is 0 Å². The van der Waals surface area contributed by atoms with Gasteiger partial charge in [0.1, 0.15) is 11.2 Å². The first-order chi connectivity index (χ1) is 24.4. The Bertz CT molecular complexity index is 3050. The van der Waals surface area contributed by atoms with Gasteiger partial charge in [-0.25, -0.2) is 0 Å². The number of rotatable bonds is 2. The molecule has 10 aromatic rings. The lowest BCUT2D eigenvalue weighted by Crippen LogP contribution is -1.92. The van der Waals surface area contributed by atoms with E-state index in [0.717, 1.165) is 65.2 Å². The minimum absolute atomic E-state index is 0.0894. The summed E-state index contributed by atoms with van der Waals surface area (Å²) in [5, 5.41) is 9.89. The summed E-state index contributed by atoms with van der Waals surface area (Å²) < 4.78 is 52.7. The van der Waals surface area contributed by atoms with Crippen LogP contribution >= 0.6 is 0 Å². The Balaban J connectivity index is 1.44. The zero-order valence-electron chi connectivity index (χ0n) is 29.0. The minimum Gasteiger partial charge on any atom is -0.456 e. The quantitative estimate of drug-likeness (QED) is 0.187. The van der Waals surface area contributed by atoms with Crippen molar-refractivity contribution in [2.75, 3.05) is 0 Å². The molecule has 0 aliphatic carbocycles. The Kier molecular flexibility index (Phi) is 4.15. The van der Waals surface area contributed by atoms with Crippen LogP contribution in [0.25, 0.3) is 98.1 Å². The van der Waals surface area contributed by atoms with Crippen molar-refractivity contribution in [3.05, 3.63) is 158 Å². The van der Waals surface area contributed by atoms with E-state index in [9.17, 15) is 4.11 Å². The van der Waals surface area contributed by atoms with E-state index in [2.05, 4.69) is 54.6 Å². The van der Waals surface area contributed by atoms with E-state index in [4.69, 9.17) is 7.16 Å². The van der Waals surface area contributed by atoms with Crippen LogP contribution in [0.15, 0.2) is 162 Å². The first kappa shape index (κ1) is 20.1. The van der Waals surface area contributed by atoms with Gasteiger partial charge in [0, 0.05) is 10.8 Å². The summed E-state index contributed by atoms with van der Waals surface area (Å²) >= 11 is 0. The normalized spacial score (nSPS) is 13.6. The van der Waals surface area contributed by atoms with Gasteiger partial charge in [0.05, 0.1) is 6.85 Å². The van der Waals surface area contributed by atoms with Crippen LogP contribution in [0.1, 0.15) is 6.85 Å². The maximum absolute atomic E-state index is 9.90. The average molecular weight is 576 g/mol. The predicted molar refractivity (Wildman–Crippen MR) is 192 cm³/mol. The van der Waals surface area contributed by atoms with E-state index in [1.54, 1.807) is 0 Å². The van der Waals surface area contributed by atoms with Crippen molar-refractivity contribution in [2.45, 2.75) is 0 Å². The zero-order valence-corrected chi connectivity index (χ0v) is 24.0. The van der Waals surface area contributed by atoms with Crippen LogP contribution in [0.2, 0.25) is 0 Å². The van der Waals surface area contributed by atoms with Crippen LogP contribution in [-0.4, -0.2) is 0 Å². The predicted octanol–water partition coefficient (Wildman–Crippen LogP) is 12.7. The van der Waals surface area contributed by atoms with Crippen LogP contribution in [0, 0.1) is 0 Å². The van der Waals surface area contributed by atoms with Crippen LogP contribution < -0.4 is 0 Å². The molecule has 0 N–H and O–H groups in total. The van der Waals surface area contributed by atoms with Crippen molar-refractivity contribution >= 4 is 75.8 Å². The van der Waals surface area contributed by atoms with E-state index in [1.807, 2.05) is 72.8 Å². The maximum atomic E-state index is 9.90. The number of hydrogen-bond acceptors (Lipinski definition) is 1. The summed E-state index contributed by atoms with van der Waals surface area (Å²) in [5.41, 5.74) is 4.18. The fourth-order valence-corrected chi connectivity index (χ4v) is 7.30. The molecule has 0 amide bonds. The molecule has 0 saturated heterocycles. The van der Waals surface area contributed by atoms with Gasteiger partial charge in [-0.2, -0.15) is 0 Å². The third-order valence-electron chi connectivity index (χ3n) is 9.23. The van der Waals surface area contributed by atoms with Gasteiger partial charge in [-0.15, -0.1) is 0 Å². The SMILES string of the molecule is [2H]c1c([2H])c([2H])c2c(c1[2H])c(-c1c3ccccc3c(-c3ccc4ccccc4c3)c3ccccc13)c([2H])c1oc3ccc4ccccc4c3c12. The van der Waals surface area contributed by atoms with Gasteiger partial charge in [0.25, 0.3) is 0 Å². The summed E-state index contributed by atoms with van der Waals surface area (Å²) in [7, 11) is 0. The largest absolute Gasteiger partial charge is 0.456 e. The fraction of sp³-hybridized carbons (Fsp3) is 0. The second-order valence-corrected chi connectivity index (χ2v) is 11.6. The molecule has 208 valence electrons. The zero-order chi connectivity index (χ0) is 33.8. The average Bonchev–Trinajstić information content (AvgIpc) is 3.56. The molecule has 0 unspecified atom stereocenters. The molecule has 1 aromatic heterocycles. The molecule has 0 fully saturated rings. The molecule has 0 atom stereocenters. The lowest BCUT2D eigenvalue weighted by molar-refractivity contribution is 0.669. The number of hydrogen-bond donors (Lipinski definition) is 0. The molecule has 0 saturated carbocycles. The second kappa shape index (κ2) is 9.29. The van der Waals surface area contributed by atoms with E-state index in [-0.39, 0.29) is 30.2 Å². The third kappa shape index (κ3) is 3.50. The molecule has 1 heterocycles. The van der Waals surface area contributed by atoms with Gasteiger partial charge in [-0.05, 0) is 94.3 Å². The molecule has 9 aromatic carbocycles. The Hall–Kier alpha value is -5.92. The Morgan fingerprint density at radius 2 is 0.978 bits per heavy atom. The molecule has 0 spiro atoms. The highest BCUT2D eigenvalue weighted by Crippen LogP contribution is 2.48. The highest BCUT2D eigenvalue weighted by molar-refractivity contribution is 6.31.